The number of nitrogens with one attached hydrogen (secondary N) is 2. The quantitative estimate of drug-likeness (QED) is 0.261. The van der Waals surface area contributed by atoms with E-state index in [4.69, 9.17) is 9.47 Å². The van der Waals surface area contributed by atoms with Crippen LogP contribution in [0.5, 0.6) is 0 Å². The van der Waals surface area contributed by atoms with E-state index in [2.05, 4.69) is 10.6 Å². The number of para-hydroxylation sites is 1. The topological polar surface area (TPSA) is 97.0 Å². The number of piperidine rings is 1. The van der Waals surface area contributed by atoms with Gasteiger partial charge in [0.2, 0.25) is 5.91 Å². The van der Waals surface area contributed by atoms with E-state index in [1.54, 1.807) is 0 Å². The van der Waals surface area contributed by atoms with Crippen molar-refractivity contribution < 1.29 is 23.9 Å². The van der Waals surface area contributed by atoms with Gasteiger partial charge in [0, 0.05) is 43.9 Å². The van der Waals surface area contributed by atoms with E-state index >= 15 is 0 Å². The van der Waals surface area contributed by atoms with Crippen LogP contribution in [-0.4, -0.2) is 61.1 Å². The van der Waals surface area contributed by atoms with Crippen molar-refractivity contribution in [1.29, 1.82) is 0 Å². The Hall–Kier alpha value is -3.39. The van der Waals surface area contributed by atoms with Crippen molar-refractivity contribution in [2.45, 2.75) is 65.1 Å². The van der Waals surface area contributed by atoms with Crippen LogP contribution in [0.1, 0.15) is 68.8 Å². The number of alkyl carbamates (subject to hydrolysis) is 1. The molecule has 0 spiro atoms. The van der Waals surface area contributed by atoms with Crippen molar-refractivity contribution in [1.82, 2.24) is 10.2 Å². The van der Waals surface area contributed by atoms with Crippen LogP contribution in [0, 0.1) is 5.92 Å². The Kier molecular flexibility index (Phi) is 11.8. The molecule has 0 aromatic heterocycles. The Labute approximate surface area is 232 Å². The van der Waals surface area contributed by atoms with Crippen LogP contribution in [0.25, 0.3) is 0 Å². The molecule has 39 heavy (non-hydrogen) atoms. The summed E-state index contributed by atoms with van der Waals surface area (Å²) < 4.78 is 10.8. The van der Waals surface area contributed by atoms with Crippen molar-refractivity contribution in [2.75, 3.05) is 38.1 Å². The average molecular weight is 538 g/mol. The lowest BCUT2D eigenvalue weighted by molar-refractivity contribution is -0.142. The van der Waals surface area contributed by atoms with E-state index in [1.807, 2.05) is 80.3 Å². The third kappa shape index (κ3) is 11.1. The van der Waals surface area contributed by atoms with Gasteiger partial charge in [0.1, 0.15) is 13.2 Å². The Morgan fingerprint density at radius 1 is 0.949 bits per heavy atom. The summed E-state index contributed by atoms with van der Waals surface area (Å²) in [7, 11) is 0. The first kappa shape index (κ1) is 30.2. The van der Waals surface area contributed by atoms with Crippen LogP contribution in [0.3, 0.4) is 0 Å². The number of likely N-dealkylation sites (tertiary alicyclic amines) is 1. The number of ketones is 1. The highest BCUT2D eigenvalue weighted by molar-refractivity contribution is 6.01. The summed E-state index contributed by atoms with van der Waals surface area (Å²) in [5.74, 6) is 0.603. The molecule has 8 nitrogen and oxygen atoms in total. The Balaban J connectivity index is 1.33. The molecule has 3 rings (SSSR count). The highest BCUT2D eigenvalue weighted by atomic mass is 16.5. The SMILES string of the molecule is CC(C)(C)OCC(=O)N1CCC(CCC(=O)c2ccccc2NCCCNC(=O)OCc2ccccc2)CC1. The minimum Gasteiger partial charge on any atom is -0.445 e. The predicted molar refractivity (Wildman–Crippen MR) is 153 cm³/mol. The first-order valence-corrected chi connectivity index (χ1v) is 13.9. The molecule has 8 heteroatoms. The minimum absolute atomic E-state index is 0.0405. The highest BCUT2D eigenvalue weighted by Gasteiger charge is 2.25. The molecule has 1 aliphatic heterocycles. The van der Waals surface area contributed by atoms with E-state index < -0.39 is 6.09 Å². The van der Waals surface area contributed by atoms with Gasteiger partial charge in [0.15, 0.2) is 5.78 Å². The number of hydrogen-bond acceptors (Lipinski definition) is 6. The Morgan fingerprint density at radius 2 is 1.64 bits per heavy atom. The van der Waals surface area contributed by atoms with Crippen molar-refractivity contribution in [2.24, 2.45) is 5.92 Å². The molecule has 0 aliphatic carbocycles. The molecular weight excluding hydrogens is 494 g/mol. The van der Waals surface area contributed by atoms with Gasteiger partial charge in [-0.2, -0.15) is 0 Å². The van der Waals surface area contributed by atoms with Crippen LogP contribution < -0.4 is 10.6 Å². The molecule has 0 atom stereocenters. The van der Waals surface area contributed by atoms with Gasteiger partial charge in [-0.15, -0.1) is 0 Å². The maximum Gasteiger partial charge on any atom is 0.407 e. The Morgan fingerprint density at radius 3 is 2.36 bits per heavy atom. The van der Waals surface area contributed by atoms with Gasteiger partial charge in [-0.3, -0.25) is 9.59 Å². The molecule has 212 valence electrons. The molecule has 2 N–H and O–H groups in total. The number of ether oxygens (including phenoxy) is 2. The number of nitrogens with zero attached hydrogens (tertiary/aromatic N) is 1. The molecule has 2 aromatic rings. The number of amides is 2. The van der Waals surface area contributed by atoms with Crippen LogP contribution in [0.4, 0.5) is 10.5 Å². The first-order valence-electron chi connectivity index (χ1n) is 13.9. The summed E-state index contributed by atoms with van der Waals surface area (Å²) in [5, 5.41) is 6.09. The van der Waals surface area contributed by atoms with E-state index in [-0.39, 0.29) is 30.5 Å². The molecule has 1 saturated heterocycles. The van der Waals surface area contributed by atoms with Crippen LogP contribution in [-0.2, 0) is 20.9 Å². The van der Waals surface area contributed by atoms with Gasteiger partial charge in [0.25, 0.3) is 0 Å². The normalized spacial score (nSPS) is 14.1. The molecule has 0 radical (unpaired) electrons. The largest absolute Gasteiger partial charge is 0.445 e. The number of anilines is 1. The molecule has 0 saturated carbocycles. The maximum atomic E-state index is 13.0. The third-order valence-electron chi connectivity index (χ3n) is 6.75. The summed E-state index contributed by atoms with van der Waals surface area (Å²) in [6.07, 6.45) is 3.39. The molecular formula is C31H43N3O5. The summed E-state index contributed by atoms with van der Waals surface area (Å²) >= 11 is 0. The van der Waals surface area contributed by atoms with E-state index in [0.717, 1.165) is 43.6 Å². The summed E-state index contributed by atoms with van der Waals surface area (Å²) in [4.78, 5) is 39.2. The van der Waals surface area contributed by atoms with Gasteiger partial charge in [-0.05, 0) is 70.1 Å². The third-order valence-corrected chi connectivity index (χ3v) is 6.75. The summed E-state index contributed by atoms with van der Waals surface area (Å²) in [6.45, 7) is 8.72. The predicted octanol–water partition coefficient (Wildman–Crippen LogP) is 5.43. The fourth-order valence-electron chi connectivity index (χ4n) is 4.47. The number of carbonyl (C=O) groups is 3. The standard InChI is InChI=1S/C31H43N3O5/c1-31(2,3)39-23-29(36)34-20-16-24(17-21-34)14-15-28(35)26-12-7-8-13-27(26)32-18-9-19-33-30(37)38-22-25-10-5-4-6-11-25/h4-8,10-13,24,32H,9,14-23H2,1-3H3,(H,33,37). The first-order chi connectivity index (χ1) is 18.7. The minimum atomic E-state index is -0.442. The molecule has 0 unspecified atom stereocenters. The molecule has 1 heterocycles. The zero-order chi connectivity index (χ0) is 28.1. The van der Waals surface area contributed by atoms with Crippen molar-refractivity contribution in [3.63, 3.8) is 0 Å². The molecule has 2 aromatic carbocycles. The lowest BCUT2D eigenvalue weighted by Gasteiger charge is -2.32. The van der Waals surface area contributed by atoms with Crippen LogP contribution in [0.2, 0.25) is 0 Å². The zero-order valence-electron chi connectivity index (χ0n) is 23.5. The zero-order valence-corrected chi connectivity index (χ0v) is 23.5. The van der Waals surface area contributed by atoms with Gasteiger partial charge >= 0.3 is 6.09 Å². The van der Waals surface area contributed by atoms with Gasteiger partial charge in [0.05, 0.1) is 5.60 Å². The fraction of sp³-hybridized carbons (Fsp3) is 0.516. The molecule has 1 fully saturated rings. The summed E-state index contributed by atoms with van der Waals surface area (Å²) in [6, 6.07) is 17.1. The fourth-order valence-corrected chi connectivity index (χ4v) is 4.47. The van der Waals surface area contributed by atoms with Crippen molar-refractivity contribution in [3.05, 3.63) is 65.7 Å². The Bertz CT molecular complexity index is 1060. The number of carbonyl (C=O) groups excluding carboxylic acids is 3. The number of Topliss-reactive ketones (excluding diaryl/α,β-unsaturated/α-hetero) is 1. The van der Waals surface area contributed by atoms with Gasteiger partial charge in [-0.25, -0.2) is 4.79 Å². The molecule has 2 amide bonds. The second-order valence-corrected chi connectivity index (χ2v) is 11.0. The summed E-state index contributed by atoms with van der Waals surface area (Å²) in [5.41, 5.74) is 2.12. The number of hydrogen-bond donors (Lipinski definition) is 2. The number of rotatable bonds is 13. The van der Waals surface area contributed by atoms with E-state index in [1.165, 1.54) is 0 Å². The lowest BCUT2D eigenvalue weighted by Crippen LogP contribution is -2.41. The van der Waals surface area contributed by atoms with Crippen molar-refractivity contribution >= 4 is 23.5 Å². The van der Waals surface area contributed by atoms with Crippen LogP contribution in [0.15, 0.2) is 54.6 Å². The monoisotopic (exact) mass is 537 g/mol. The average Bonchev–Trinajstić information content (AvgIpc) is 2.94. The maximum absolute atomic E-state index is 13.0. The lowest BCUT2D eigenvalue weighted by atomic mass is 9.90. The highest BCUT2D eigenvalue weighted by Crippen LogP contribution is 2.25. The molecule has 0 bridgehead atoms. The second-order valence-electron chi connectivity index (χ2n) is 11.0. The van der Waals surface area contributed by atoms with Crippen LogP contribution >= 0.6 is 0 Å². The smallest absolute Gasteiger partial charge is 0.407 e. The van der Waals surface area contributed by atoms with E-state index in [0.29, 0.717) is 37.4 Å². The van der Waals surface area contributed by atoms with E-state index in [9.17, 15) is 14.4 Å². The molecule has 1 aliphatic rings. The van der Waals surface area contributed by atoms with Gasteiger partial charge in [-0.1, -0.05) is 42.5 Å². The number of benzene rings is 2. The second kappa shape index (κ2) is 15.3. The van der Waals surface area contributed by atoms with Crippen molar-refractivity contribution in [3.8, 4) is 0 Å². The van der Waals surface area contributed by atoms with Gasteiger partial charge < -0.3 is 25.0 Å².